The first-order chi connectivity index (χ1) is 20.6. The van der Waals surface area contributed by atoms with Crippen LogP contribution in [-0.4, -0.2) is 48.1 Å². The molecule has 0 spiro atoms. The number of imidazole rings is 1. The highest BCUT2D eigenvalue weighted by molar-refractivity contribution is 5.97. The van der Waals surface area contributed by atoms with Crippen molar-refractivity contribution in [2.24, 2.45) is 5.92 Å². The summed E-state index contributed by atoms with van der Waals surface area (Å²) in [6, 6.07) is 10.1. The van der Waals surface area contributed by atoms with Crippen LogP contribution in [0.2, 0.25) is 0 Å². The molecule has 1 aliphatic carbocycles. The Balaban J connectivity index is 1.23. The maximum Gasteiger partial charge on any atom is 0.227 e. The number of fused-ring (bicyclic) bond motifs is 2. The molecule has 0 aliphatic heterocycles. The van der Waals surface area contributed by atoms with Gasteiger partial charge in [-0.05, 0) is 48.7 Å². The van der Waals surface area contributed by atoms with Crippen molar-refractivity contribution < 1.29 is 13.9 Å². The number of pyridine rings is 3. The van der Waals surface area contributed by atoms with E-state index in [2.05, 4.69) is 35.5 Å². The van der Waals surface area contributed by atoms with E-state index in [4.69, 9.17) is 9.72 Å². The Morgan fingerprint density at radius 3 is 2.76 bits per heavy atom. The van der Waals surface area contributed by atoms with E-state index in [0.29, 0.717) is 50.9 Å². The zero-order valence-corrected chi connectivity index (χ0v) is 22.8. The lowest BCUT2D eigenvalue weighted by Crippen LogP contribution is -2.24. The van der Waals surface area contributed by atoms with Crippen LogP contribution in [0.15, 0.2) is 61.2 Å². The molecule has 5 aromatic heterocycles. The average Bonchev–Trinajstić information content (AvgIpc) is 3.65. The number of ether oxygens (including phenoxy) is 1. The van der Waals surface area contributed by atoms with Crippen molar-refractivity contribution in [2.45, 2.75) is 32.1 Å². The Bertz CT molecular complexity index is 1940. The van der Waals surface area contributed by atoms with Crippen molar-refractivity contribution >= 4 is 33.7 Å². The Morgan fingerprint density at radius 2 is 1.90 bits per heavy atom. The van der Waals surface area contributed by atoms with Crippen LogP contribution >= 0.6 is 0 Å². The molecule has 11 heteroatoms. The van der Waals surface area contributed by atoms with E-state index in [1.807, 2.05) is 12.1 Å². The number of anilines is 1. The second kappa shape index (κ2) is 10.7. The van der Waals surface area contributed by atoms with Gasteiger partial charge in [-0.3, -0.25) is 19.9 Å². The Labute approximate surface area is 239 Å². The van der Waals surface area contributed by atoms with Gasteiger partial charge in [0.15, 0.2) is 11.5 Å². The number of carbonyl (C=O) groups excluding carboxylic acids is 1. The van der Waals surface area contributed by atoms with Gasteiger partial charge in [-0.1, -0.05) is 19.3 Å². The van der Waals surface area contributed by atoms with Crippen molar-refractivity contribution in [3.05, 3.63) is 67.0 Å². The normalized spacial score (nSPS) is 14.0. The molecule has 1 saturated carbocycles. The molecular weight excluding hydrogens is 535 g/mol. The lowest BCUT2D eigenvalue weighted by molar-refractivity contribution is -0.120. The van der Waals surface area contributed by atoms with Gasteiger partial charge in [0.2, 0.25) is 5.91 Å². The second-order valence-electron chi connectivity index (χ2n) is 10.5. The maximum absolute atomic E-state index is 14.3. The van der Waals surface area contributed by atoms with Crippen LogP contribution in [0.25, 0.3) is 56.0 Å². The highest BCUT2D eigenvalue weighted by Crippen LogP contribution is 2.34. The van der Waals surface area contributed by atoms with Crippen molar-refractivity contribution in [1.29, 1.82) is 0 Å². The topological polar surface area (TPSA) is 134 Å². The van der Waals surface area contributed by atoms with Crippen molar-refractivity contribution in [2.75, 3.05) is 12.4 Å². The highest BCUT2D eigenvalue weighted by Gasteiger charge is 2.22. The monoisotopic (exact) mass is 562 g/mol. The predicted octanol–water partition coefficient (Wildman–Crippen LogP) is 6.29. The van der Waals surface area contributed by atoms with Crippen LogP contribution in [0.4, 0.5) is 10.1 Å². The van der Waals surface area contributed by atoms with Gasteiger partial charge in [0.25, 0.3) is 0 Å². The minimum Gasteiger partial charge on any atom is -0.497 e. The number of aromatic nitrogens is 7. The van der Waals surface area contributed by atoms with Crippen LogP contribution in [0.1, 0.15) is 32.1 Å². The van der Waals surface area contributed by atoms with Gasteiger partial charge in [0, 0.05) is 40.9 Å². The fraction of sp³-hybridized carbons (Fsp3) is 0.226. The third-order valence-corrected chi connectivity index (χ3v) is 7.75. The number of H-pyrrole nitrogens is 2. The molecule has 1 aromatic carbocycles. The number of nitrogens with one attached hydrogen (secondary N) is 3. The number of amides is 1. The van der Waals surface area contributed by atoms with E-state index in [9.17, 15) is 9.18 Å². The van der Waals surface area contributed by atoms with Crippen LogP contribution in [0.5, 0.6) is 5.75 Å². The molecule has 5 heterocycles. The number of hydrogen-bond donors (Lipinski definition) is 3. The highest BCUT2D eigenvalue weighted by atomic mass is 19.1. The molecule has 10 nitrogen and oxygen atoms in total. The number of aromatic amines is 2. The minimum absolute atomic E-state index is 0.0451. The van der Waals surface area contributed by atoms with E-state index < -0.39 is 5.82 Å². The van der Waals surface area contributed by atoms with Gasteiger partial charge >= 0.3 is 0 Å². The van der Waals surface area contributed by atoms with Crippen molar-refractivity contribution in [1.82, 2.24) is 35.1 Å². The molecular formula is C31H27FN8O2. The molecule has 210 valence electrons. The van der Waals surface area contributed by atoms with E-state index in [1.165, 1.54) is 25.7 Å². The molecule has 7 rings (SSSR count). The summed E-state index contributed by atoms with van der Waals surface area (Å²) in [6.07, 6.45) is 12.0. The molecule has 1 amide bonds. The maximum atomic E-state index is 14.3. The van der Waals surface area contributed by atoms with Crippen LogP contribution in [-0.2, 0) is 4.79 Å². The van der Waals surface area contributed by atoms with Gasteiger partial charge < -0.3 is 15.0 Å². The SMILES string of the molecule is COc1cc(F)cc(-c2ccnc3[nH]c(-c4n[nH]c5cnc(-c6cncc(NC(=O)C7CCCCC7)c6)cc45)nc23)c1. The molecule has 6 aromatic rings. The summed E-state index contributed by atoms with van der Waals surface area (Å²) in [5.74, 6) is 0.603. The molecule has 0 bridgehead atoms. The van der Waals surface area contributed by atoms with Crippen LogP contribution in [0.3, 0.4) is 0 Å². The smallest absolute Gasteiger partial charge is 0.227 e. The summed E-state index contributed by atoms with van der Waals surface area (Å²) in [6.45, 7) is 0. The molecule has 1 fully saturated rings. The van der Waals surface area contributed by atoms with Gasteiger partial charge in [0.05, 0.1) is 36.4 Å². The quantitative estimate of drug-likeness (QED) is 0.217. The van der Waals surface area contributed by atoms with Crippen molar-refractivity contribution in [3.8, 4) is 39.7 Å². The molecule has 1 aliphatic rings. The number of benzene rings is 1. The zero-order valence-electron chi connectivity index (χ0n) is 22.8. The Morgan fingerprint density at radius 1 is 1.02 bits per heavy atom. The van der Waals surface area contributed by atoms with Crippen LogP contribution < -0.4 is 10.1 Å². The summed E-state index contributed by atoms with van der Waals surface area (Å²) >= 11 is 0. The average molecular weight is 563 g/mol. The third-order valence-electron chi connectivity index (χ3n) is 7.75. The van der Waals surface area contributed by atoms with Gasteiger partial charge in [-0.15, -0.1) is 0 Å². The summed E-state index contributed by atoms with van der Waals surface area (Å²) in [5.41, 5.74) is 5.85. The third kappa shape index (κ3) is 4.83. The molecule has 3 N–H and O–H groups in total. The number of rotatable bonds is 6. The number of carbonyl (C=O) groups is 1. The molecule has 0 unspecified atom stereocenters. The number of halogens is 1. The number of hydrogen-bond acceptors (Lipinski definition) is 7. The fourth-order valence-electron chi connectivity index (χ4n) is 5.60. The lowest BCUT2D eigenvalue weighted by Gasteiger charge is -2.20. The summed E-state index contributed by atoms with van der Waals surface area (Å²) < 4.78 is 19.5. The first-order valence-corrected chi connectivity index (χ1v) is 13.9. The molecule has 0 atom stereocenters. The summed E-state index contributed by atoms with van der Waals surface area (Å²) in [7, 11) is 1.50. The van der Waals surface area contributed by atoms with E-state index >= 15 is 0 Å². The van der Waals surface area contributed by atoms with E-state index in [1.54, 1.807) is 36.9 Å². The van der Waals surface area contributed by atoms with E-state index in [-0.39, 0.29) is 11.8 Å². The number of methoxy groups -OCH3 is 1. The van der Waals surface area contributed by atoms with Gasteiger partial charge in [-0.25, -0.2) is 14.4 Å². The first-order valence-electron chi connectivity index (χ1n) is 13.9. The molecule has 0 radical (unpaired) electrons. The summed E-state index contributed by atoms with van der Waals surface area (Å²) in [5, 5.41) is 11.4. The Hall–Kier alpha value is -5.19. The second-order valence-corrected chi connectivity index (χ2v) is 10.5. The van der Waals surface area contributed by atoms with Gasteiger partial charge in [-0.2, -0.15) is 5.10 Å². The largest absolute Gasteiger partial charge is 0.497 e. The molecule has 42 heavy (non-hydrogen) atoms. The summed E-state index contributed by atoms with van der Waals surface area (Å²) in [4.78, 5) is 34.3. The number of nitrogens with zero attached hydrogens (tertiary/aromatic N) is 5. The van der Waals surface area contributed by atoms with E-state index in [0.717, 1.165) is 42.1 Å². The fourth-order valence-corrected chi connectivity index (χ4v) is 5.60. The standard InChI is InChI=1S/C31H27FN8O2/c1-42-22-11-18(9-20(32)12-22)23-7-8-34-29-27(23)37-30(38-29)28-24-13-25(35-16-26(24)39-40-28)19-10-21(15-33-14-19)36-31(41)17-5-3-2-4-6-17/h7-17H,2-6H2,1H3,(H,36,41)(H,39,40)(H,34,37,38). The lowest BCUT2D eigenvalue weighted by atomic mass is 9.88. The van der Waals surface area contributed by atoms with Crippen LogP contribution in [0, 0.1) is 11.7 Å². The van der Waals surface area contributed by atoms with Gasteiger partial charge in [0.1, 0.15) is 22.8 Å². The predicted molar refractivity (Wildman–Crippen MR) is 157 cm³/mol. The minimum atomic E-state index is -0.407. The zero-order chi connectivity index (χ0) is 28.6. The van der Waals surface area contributed by atoms with Crippen molar-refractivity contribution in [3.63, 3.8) is 0 Å². The first kappa shape index (κ1) is 25.8. The molecule has 0 saturated heterocycles. The Kier molecular flexibility index (Phi) is 6.54.